The Bertz CT molecular complexity index is 1020. The molecule has 0 saturated carbocycles. The fourth-order valence-electron chi connectivity index (χ4n) is 2.67. The second-order valence-electron chi connectivity index (χ2n) is 6.58. The van der Waals surface area contributed by atoms with E-state index in [4.69, 9.17) is 9.15 Å². The first-order chi connectivity index (χ1) is 14.3. The number of hydrogen-bond acceptors (Lipinski definition) is 8. The van der Waals surface area contributed by atoms with Crippen LogP contribution in [0.3, 0.4) is 0 Å². The number of hydrogen-bond donors (Lipinski definition) is 0. The van der Waals surface area contributed by atoms with E-state index in [2.05, 4.69) is 4.74 Å². The van der Waals surface area contributed by atoms with Crippen LogP contribution >= 0.6 is 11.8 Å². The molecular formula is C21H19NO7S. The van der Waals surface area contributed by atoms with E-state index in [-0.39, 0.29) is 11.0 Å². The van der Waals surface area contributed by atoms with E-state index in [1.807, 2.05) is 0 Å². The van der Waals surface area contributed by atoms with Gasteiger partial charge < -0.3 is 13.9 Å². The van der Waals surface area contributed by atoms with Crippen molar-refractivity contribution < 1.29 is 33.1 Å². The summed E-state index contributed by atoms with van der Waals surface area (Å²) in [6.45, 7) is 2.93. The van der Waals surface area contributed by atoms with Crippen molar-refractivity contribution in [3.8, 4) is 11.3 Å². The van der Waals surface area contributed by atoms with E-state index in [0.29, 0.717) is 17.1 Å². The molecular weight excluding hydrogens is 410 g/mol. The van der Waals surface area contributed by atoms with Crippen molar-refractivity contribution in [2.75, 3.05) is 13.7 Å². The normalized spacial score (nSPS) is 15.2. The summed E-state index contributed by atoms with van der Waals surface area (Å²) < 4.78 is 15.4. The topological polar surface area (TPSA) is 103 Å². The smallest absolute Gasteiger partial charge is 0.337 e. The minimum absolute atomic E-state index is 0.152. The molecule has 2 amide bonds. The van der Waals surface area contributed by atoms with Crippen LogP contribution in [0, 0.1) is 0 Å². The van der Waals surface area contributed by atoms with Gasteiger partial charge in [0, 0.05) is 11.6 Å². The average molecular weight is 429 g/mol. The van der Waals surface area contributed by atoms with Crippen LogP contribution in [0.2, 0.25) is 0 Å². The van der Waals surface area contributed by atoms with Crippen LogP contribution < -0.4 is 0 Å². The lowest BCUT2D eigenvalue weighted by atomic mass is 10.1. The molecule has 1 saturated heterocycles. The quantitative estimate of drug-likeness (QED) is 0.506. The Hall–Kier alpha value is -3.33. The standard InChI is InChI=1S/C21H19NO7S/c1-12(2)28-18(23)11-22-19(24)17(30-21(22)26)10-15-8-9-16(29-15)13-4-6-14(7-5-13)20(25)27-3/h4-10,12H,11H2,1-3H3/b17-10+. The first-order valence-corrected chi connectivity index (χ1v) is 9.83. The van der Waals surface area contributed by atoms with Crippen molar-refractivity contribution >= 4 is 40.9 Å². The maximum Gasteiger partial charge on any atom is 0.337 e. The number of rotatable bonds is 6. The van der Waals surface area contributed by atoms with Gasteiger partial charge in [-0.3, -0.25) is 19.3 Å². The number of esters is 2. The van der Waals surface area contributed by atoms with Gasteiger partial charge in [0.25, 0.3) is 11.1 Å². The van der Waals surface area contributed by atoms with Crippen molar-refractivity contribution in [2.24, 2.45) is 0 Å². The summed E-state index contributed by atoms with van der Waals surface area (Å²) in [5.74, 6) is -0.764. The molecule has 3 rings (SSSR count). The van der Waals surface area contributed by atoms with Gasteiger partial charge in [-0.1, -0.05) is 12.1 Å². The lowest BCUT2D eigenvalue weighted by Crippen LogP contribution is -2.35. The zero-order valence-corrected chi connectivity index (χ0v) is 17.4. The predicted molar refractivity (Wildman–Crippen MR) is 109 cm³/mol. The molecule has 1 aliphatic rings. The minimum Gasteiger partial charge on any atom is -0.465 e. The number of carbonyl (C=O) groups is 4. The molecule has 0 radical (unpaired) electrons. The number of methoxy groups -OCH3 is 1. The van der Waals surface area contributed by atoms with Crippen LogP contribution in [0.25, 0.3) is 17.4 Å². The molecule has 1 aliphatic heterocycles. The highest BCUT2D eigenvalue weighted by Crippen LogP contribution is 2.33. The molecule has 1 fully saturated rings. The Kier molecular flexibility index (Phi) is 6.41. The van der Waals surface area contributed by atoms with Crippen molar-refractivity contribution in [1.82, 2.24) is 4.90 Å². The number of ether oxygens (including phenoxy) is 2. The van der Waals surface area contributed by atoms with Gasteiger partial charge in [0.15, 0.2) is 0 Å². The zero-order chi connectivity index (χ0) is 21.8. The number of furan rings is 1. The average Bonchev–Trinajstić information content (AvgIpc) is 3.27. The van der Waals surface area contributed by atoms with Gasteiger partial charge in [-0.05, 0) is 49.9 Å². The second-order valence-corrected chi connectivity index (χ2v) is 7.57. The number of amides is 2. The summed E-state index contributed by atoms with van der Waals surface area (Å²) in [5.41, 5.74) is 1.14. The largest absolute Gasteiger partial charge is 0.465 e. The van der Waals surface area contributed by atoms with Crippen LogP contribution in [-0.2, 0) is 19.1 Å². The molecule has 2 heterocycles. The van der Waals surface area contributed by atoms with Gasteiger partial charge in [-0.15, -0.1) is 0 Å². The van der Waals surface area contributed by atoms with E-state index in [1.54, 1.807) is 50.2 Å². The lowest BCUT2D eigenvalue weighted by Gasteiger charge is -2.13. The third-order valence-corrected chi connectivity index (χ3v) is 4.93. The maximum atomic E-state index is 12.5. The van der Waals surface area contributed by atoms with Gasteiger partial charge in [-0.25, -0.2) is 4.79 Å². The molecule has 1 aromatic carbocycles. The van der Waals surface area contributed by atoms with Crippen LogP contribution in [0.15, 0.2) is 45.7 Å². The van der Waals surface area contributed by atoms with Gasteiger partial charge in [0.05, 0.1) is 23.7 Å². The molecule has 30 heavy (non-hydrogen) atoms. The Labute approximate surface area is 176 Å². The van der Waals surface area contributed by atoms with Crippen molar-refractivity contribution in [3.05, 3.63) is 52.6 Å². The van der Waals surface area contributed by atoms with Crippen molar-refractivity contribution in [1.29, 1.82) is 0 Å². The molecule has 0 aliphatic carbocycles. The number of carbonyl (C=O) groups excluding carboxylic acids is 4. The summed E-state index contributed by atoms with van der Waals surface area (Å²) in [5, 5.41) is -0.544. The van der Waals surface area contributed by atoms with Crippen LogP contribution in [0.5, 0.6) is 0 Å². The molecule has 2 aromatic rings. The van der Waals surface area contributed by atoms with E-state index in [1.165, 1.54) is 13.2 Å². The molecule has 8 nitrogen and oxygen atoms in total. The molecule has 0 spiro atoms. The van der Waals surface area contributed by atoms with Crippen molar-refractivity contribution in [3.63, 3.8) is 0 Å². The van der Waals surface area contributed by atoms with Gasteiger partial charge in [-0.2, -0.15) is 0 Å². The van der Waals surface area contributed by atoms with Crippen LogP contribution in [0.4, 0.5) is 4.79 Å². The lowest BCUT2D eigenvalue weighted by molar-refractivity contribution is -0.149. The van der Waals surface area contributed by atoms with Crippen molar-refractivity contribution in [2.45, 2.75) is 20.0 Å². The first kappa shape index (κ1) is 21.4. The summed E-state index contributed by atoms with van der Waals surface area (Å²) in [6, 6.07) is 10.0. The van der Waals surface area contributed by atoms with Gasteiger partial charge in [0.1, 0.15) is 18.1 Å². The molecule has 0 bridgehead atoms. The number of nitrogens with zero attached hydrogens (tertiary/aromatic N) is 1. The highest BCUT2D eigenvalue weighted by atomic mass is 32.2. The Morgan fingerprint density at radius 2 is 1.83 bits per heavy atom. The third-order valence-electron chi connectivity index (χ3n) is 4.02. The molecule has 0 unspecified atom stereocenters. The van der Waals surface area contributed by atoms with Crippen LogP contribution in [-0.4, -0.2) is 47.7 Å². The number of imide groups is 1. The maximum absolute atomic E-state index is 12.5. The van der Waals surface area contributed by atoms with Gasteiger partial charge >= 0.3 is 11.9 Å². The predicted octanol–water partition coefficient (Wildman–Crippen LogP) is 3.72. The summed E-state index contributed by atoms with van der Waals surface area (Å²) >= 11 is 0.730. The Morgan fingerprint density at radius 1 is 1.13 bits per heavy atom. The summed E-state index contributed by atoms with van der Waals surface area (Å²) in [6.07, 6.45) is 1.11. The Morgan fingerprint density at radius 3 is 2.47 bits per heavy atom. The summed E-state index contributed by atoms with van der Waals surface area (Å²) in [4.78, 5) is 48.8. The minimum atomic E-state index is -0.649. The fourth-order valence-corrected chi connectivity index (χ4v) is 3.49. The molecule has 0 atom stereocenters. The highest BCUT2D eigenvalue weighted by Gasteiger charge is 2.37. The van der Waals surface area contributed by atoms with Gasteiger partial charge in [0.2, 0.25) is 0 Å². The molecule has 0 N–H and O–H groups in total. The van der Waals surface area contributed by atoms with E-state index in [9.17, 15) is 19.2 Å². The number of thioether (sulfide) groups is 1. The SMILES string of the molecule is COC(=O)c1ccc(-c2ccc(/C=C3/SC(=O)N(CC(=O)OC(C)C)C3=O)o2)cc1. The number of benzene rings is 1. The summed E-state index contributed by atoms with van der Waals surface area (Å²) in [7, 11) is 1.31. The highest BCUT2D eigenvalue weighted by molar-refractivity contribution is 8.18. The van der Waals surface area contributed by atoms with Crippen LogP contribution in [0.1, 0.15) is 30.0 Å². The molecule has 9 heteroatoms. The Balaban J connectivity index is 1.73. The van der Waals surface area contributed by atoms with E-state index >= 15 is 0 Å². The monoisotopic (exact) mass is 429 g/mol. The zero-order valence-electron chi connectivity index (χ0n) is 16.5. The molecule has 156 valence electrons. The second kappa shape index (κ2) is 9.00. The van der Waals surface area contributed by atoms with E-state index in [0.717, 1.165) is 22.2 Å². The fraction of sp³-hybridized carbons (Fsp3) is 0.238. The third kappa shape index (κ3) is 4.80. The first-order valence-electron chi connectivity index (χ1n) is 9.02. The van der Waals surface area contributed by atoms with E-state index < -0.39 is 29.6 Å². The molecule has 1 aromatic heterocycles.